The van der Waals surface area contributed by atoms with Gasteiger partial charge >= 0.3 is 24.1 Å². The molecule has 0 N–H and O–H groups in total. The first-order chi connectivity index (χ1) is 28.5. The highest BCUT2D eigenvalue weighted by atomic mass is 19.1. The van der Waals surface area contributed by atoms with Crippen LogP contribution in [0.1, 0.15) is 64.8 Å². The van der Waals surface area contributed by atoms with Crippen molar-refractivity contribution in [3.05, 3.63) is 69.9 Å². The number of rotatable bonds is 8. The van der Waals surface area contributed by atoms with Gasteiger partial charge < -0.3 is 47.7 Å². The van der Waals surface area contributed by atoms with E-state index in [-0.39, 0.29) is 59.0 Å². The molecule has 0 spiro atoms. The van der Waals surface area contributed by atoms with E-state index in [1.54, 1.807) is 30.6 Å². The van der Waals surface area contributed by atoms with Crippen LogP contribution in [0.25, 0.3) is 28.0 Å². The number of carbonyl (C=O) groups is 3. The van der Waals surface area contributed by atoms with Gasteiger partial charge in [0.2, 0.25) is 0 Å². The Balaban J connectivity index is 1.63. The van der Waals surface area contributed by atoms with E-state index in [0.717, 1.165) is 30.9 Å². The zero-order chi connectivity index (χ0) is 43.5. The summed E-state index contributed by atoms with van der Waals surface area (Å²) in [6.07, 6.45) is -3.84. The molecule has 2 bridgehead atoms. The van der Waals surface area contributed by atoms with Crippen molar-refractivity contribution < 1.29 is 61.1 Å². The van der Waals surface area contributed by atoms with E-state index in [1.165, 1.54) is 24.4 Å². The highest BCUT2D eigenvalue weighted by Gasteiger charge is 2.37. The molecular formula is C40H46F2N6O12. The molecule has 3 aromatic heterocycles. The van der Waals surface area contributed by atoms with Crippen LogP contribution in [0.5, 0.6) is 5.75 Å². The minimum absolute atomic E-state index is 0.0645. The molecule has 1 aromatic carbocycles. The van der Waals surface area contributed by atoms with E-state index >= 15 is 8.78 Å². The minimum Gasteiger partial charge on any atom is -0.490 e. The van der Waals surface area contributed by atoms with Crippen LogP contribution in [0.3, 0.4) is 0 Å². The number of ether oxygens (including phenoxy) is 8. The zero-order valence-electron chi connectivity index (χ0n) is 34.4. The van der Waals surface area contributed by atoms with Crippen LogP contribution >= 0.6 is 0 Å². The van der Waals surface area contributed by atoms with Gasteiger partial charge in [-0.25, -0.2) is 37.5 Å². The number of piperazine rings is 1. The fraction of sp³-hybridized carbons (Fsp3) is 0.475. The standard InChI is InChI=1S/C40H46F2N6O12/c1-21(2)30-32-23(12-13-43-30)33(57-20-59-39(52)54-8)28(56-19-58-38(51)53-7)18-55-27-11-9-10-25(41)29(27)31-26(42)16-24-34(45-36(49)48(32)35(24)44-31)47-15-14-46(17-22(47)3)37(50)60-40(4,5)6/h9-13,16,21-22,28,33H,14-15,17-20H2,1-8H3/t22-,28?,33?/m0/s1. The smallest absolute Gasteiger partial charge is 0.490 e. The number of anilines is 1. The maximum absolute atomic E-state index is 16.7. The normalized spacial score (nSPS) is 17.8. The Bertz CT molecular complexity index is 2320. The number of carbonyl (C=O) groups excluding carboxylic acids is 3. The van der Waals surface area contributed by atoms with E-state index in [2.05, 4.69) is 19.4 Å². The Labute approximate surface area is 343 Å². The Kier molecular flexibility index (Phi) is 13.0. The Morgan fingerprint density at radius 1 is 0.967 bits per heavy atom. The number of halogens is 2. The van der Waals surface area contributed by atoms with Crippen molar-refractivity contribution in [3.8, 4) is 22.7 Å². The van der Waals surface area contributed by atoms with E-state index in [4.69, 9.17) is 33.4 Å². The summed E-state index contributed by atoms with van der Waals surface area (Å²) in [4.78, 5) is 69.0. The monoisotopic (exact) mass is 840 g/mol. The first-order valence-corrected chi connectivity index (χ1v) is 19.0. The molecular weight excluding hydrogens is 794 g/mol. The van der Waals surface area contributed by atoms with Crippen molar-refractivity contribution in [1.29, 1.82) is 0 Å². The molecule has 1 saturated heterocycles. The van der Waals surface area contributed by atoms with Gasteiger partial charge in [0.15, 0.2) is 25.1 Å². The third kappa shape index (κ3) is 9.18. The molecule has 0 saturated carbocycles. The number of methoxy groups -OCH3 is 2. The zero-order valence-corrected chi connectivity index (χ0v) is 34.4. The van der Waals surface area contributed by atoms with Crippen LogP contribution in [0.15, 0.2) is 41.3 Å². The highest BCUT2D eigenvalue weighted by Crippen LogP contribution is 2.40. The summed E-state index contributed by atoms with van der Waals surface area (Å²) in [5.41, 5.74) is -1.97. The van der Waals surface area contributed by atoms with Crippen molar-refractivity contribution in [2.45, 2.75) is 71.3 Å². The summed E-state index contributed by atoms with van der Waals surface area (Å²) in [5.74, 6) is -2.35. The van der Waals surface area contributed by atoms with Gasteiger partial charge in [-0.3, -0.25) is 4.98 Å². The number of hydrogen-bond acceptors (Lipinski definition) is 16. The molecule has 20 heteroatoms. The summed E-state index contributed by atoms with van der Waals surface area (Å²) in [5, 5.41) is 0.0690. The number of fused-ring (bicyclic) bond motifs is 5. The van der Waals surface area contributed by atoms with E-state index < -0.39 is 91.4 Å². The molecule has 2 aliphatic heterocycles. The molecule has 322 valence electrons. The van der Waals surface area contributed by atoms with Gasteiger partial charge in [-0.05, 0) is 57.9 Å². The molecule has 2 unspecified atom stereocenters. The number of benzene rings is 1. The summed E-state index contributed by atoms with van der Waals surface area (Å²) in [6, 6.07) is 6.04. The third-order valence-corrected chi connectivity index (χ3v) is 9.58. The average Bonchev–Trinajstić information content (AvgIpc) is 3.19. The summed E-state index contributed by atoms with van der Waals surface area (Å²) < 4.78 is 77.0. The van der Waals surface area contributed by atoms with Gasteiger partial charge in [0.25, 0.3) is 0 Å². The molecule has 60 heavy (non-hydrogen) atoms. The Hall–Kier alpha value is -6.15. The third-order valence-electron chi connectivity index (χ3n) is 9.58. The average molecular weight is 841 g/mol. The summed E-state index contributed by atoms with van der Waals surface area (Å²) in [7, 11) is 2.21. The summed E-state index contributed by atoms with van der Waals surface area (Å²) >= 11 is 0. The van der Waals surface area contributed by atoms with Gasteiger partial charge in [0.05, 0.1) is 36.6 Å². The summed E-state index contributed by atoms with van der Waals surface area (Å²) in [6.45, 7) is 9.41. The number of pyridine rings is 2. The van der Waals surface area contributed by atoms with E-state index in [9.17, 15) is 19.2 Å². The number of hydrogen-bond donors (Lipinski definition) is 0. The van der Waals surface area contributed by atoms with Gasteiger partial charge in [0.1, 0.15) is 47.5 Å². The van der Waals surface area contributed by atoms with Crippen molar-refractivity contribution >= 4 is 35.3 Å². The molecule has 3 atom stereocenters. The van der Waals surface area contributed by atoms with Crippen molar-refractivity contribution in [2.75, 3.05) is 58.9 Å². The topological polar surface area (TPSA) is 192 Å². The highest BCUT2D eigenvalue weighted by molar-refractivity contribution is 5.91. The Morgan fingerprint density at radius 2 is 1.67 bits per heavy atom. The van der Waals surface area contributed by atoms with Crippen LogP contribution in [0.4, 0.5) is 29.0 Å². The van der Waals surface area contributed by atoms with Gasteiger partial charge in [-0.2, -0.15) is 4.98 Å². The van der Waals surface area contributed by atoms with Crippen molar-refractivity contribution in [1.82, 2.24) is 24.4 Å². The molecule has 0 radical (unpaired) electrons. The van der Waals surface area contributed by atoms with Crippen LogP contribution in [-0.4, -0.2) is 115 Å². The molecule has 5 heterocycles. The number of amides is 1. The fourth-order valence-electron chi connectivity index (χ4n) is 6.94. The maximum Gasteiger partial charge on any atom is 0.510 e. The molecule has 6 rings (SSSR count). The predicted octanol–water partition coefficient (Wildman–Crippen LogP) is 6.01. The number of aromatic nitrogens is 4. The van der Waals surface area contributed by atoms with E-state index in [0.29, 0.717) is 5.69 Å². The van der Waals surface area contributed by atoms with Gasteiger partial charge in [0, 0.05) is 37.4 Å². The maximum atomic E-state index is 16.7. The van der Waals surface area contributed by atoms with Gasteiger partial charge in [-0.15, -0.1) is 0 Å². The lowest BCUT2D eigenvalue weighted by Gasteiger charge is -2.41. The second-order valence-corrected chi connectivity index (χ2v) is 15.1. The quantitative estimate of drug-likeness (QED) is 0.114. The lowest BCUT2D eigenvalue weighted by molar-refractivity contribution is -0.163. The van der Waals surface area contributed by atoms with Crippen LogP contribution in [0.2, 0.25) is 0 Å². The lowest BCUT2D eigenvalue weighted by atomic mass is 9.97. The van der Waals surface area contributed by atoms with Crippen LogP contribution in [0, 0.1) is 11.6 Å². The molecule has 1 fully saturated rings. The van der Waals surface area contributed by atoms with Gasteiger partial charge in [-0.1, -0.05) is 19.9 Å². The van der Waals surface area contributed by atoms with Crippen LogP contribution < -0.4 is 15.3 Å². The van der Waals surface area contributed by atoms with E-state index in [1.807, 2.05) is 20.8 Å². The van der Waals surface area contributed by atoms with Crippen molar-refractivity contribution in [2.24, 2.45) is 0 Å². The Morgan fingerprint density at radius 3 is 2.32 bits per heavy atom. The fourth-order valence-corrected chi connectivity index (χ4v) is 6.94. The predicted molar refractivity (Wildman–Crippen MR) is 208 cm³/mol. The molecule has 0 aliphatic carbocycles. The molecule has 1 amide bonds. The molecule has 18 nitrogen and oxygen atoms in total. The second kappa shape index (κ2) is 18.0. The minimum atomic E-state index is -1.34. The second-order valence-electron chi connectivity index (χ2n) is 15.1. The van der Waals surface area contributed by atoms with Crippen molar-refractivity contribution in [3.63, 3.8) is 0 Å². The largest absolute Gasteiger partial charge is 0.510 e. The molecule has 2 aliphatic rings. The molecule has 4 aromatic rings. The lowest BCUT2D eigenvalue weighted by Crippen LogP contribution is -2.55. The SMILES string of the molecule is COC(=O)OCOC1COc2cccc(F)c2-c2nc3c(cc2F)c(N2CCN(C(=O)OC(C)(C)C)C[C@@H]2C)nc(=O)n3-c2c(ccnc2C(C)C)C1OCOC(=O)OC. The van der Waals surface area contributed by atoms with Crippen LogP contribution in [-0.2, 0) is 33.2 Å². The number of nitrogens with zero attached hydrogens (tertiary/aromatic N) is 6. The first-order valence-electron chi connectivity index (χ1n) is 19.0. The first kappa shape index (κ1) is 43.4.